The number of hydrogen-bond donors (Lipinski definition) is 1. The first-order valence-electron chi connectivity index (χ1n) is 5.20. The van der Waals surface area contributed by atoms with Crippen molar-refractivity contribution in [3.63, 3.8) is 0 Å². The van der Waals surface area contributed by atoms with E-state index in [1.165, 1.54) is 6.92 Å². The number of ether oxygens (including phenoxy) is 1. The molecular weight excluding hydrogens is 206 g/mol. The molecule has 1 aromatic rings. The highest BCUT2D eigenvalue weighted by molar-refractivity contribution is 6.03. The van der Waals surface area contributed by atoms with E-state index in [-0.39, 0.29) is 18.1 Å². The third-order valence-electron chi connectivity index (χ3n) is 2.38. The van der Waals surface area contributed by atoms with Gasteiger partial charge in [0, 0.05) is 12.1 Å². The van der Waals surface area contributed by atoms with Crippen molar-refractivity contribution in [3.8, 4) is 5.75 Å². The summed E-state index contributed by atoms with van der Waals surface area (Å²) in [6.45, 7) is 2.09. The highest BCUT2D eigenvalue weighted by atomic mass is 16.5. The van der Waals surface area contributed by atoms with Gasteiger partial charge in [0.25, 0.3) is 0 Å². The van der Waals surface area contributed by atoms with Gasteiger partial charge in [-0.1, -0.05) is 0 Å². The molecule has 1 amide bonds. The highest BCUT2D eigenvalue weighted by Crippen LogP contribution is 2.27. The lowest BCUT2D eigenvalue weighted by molar-refractivity contribution is -0.124. The molecule has 0 atom stereocenters. The Balaban J connectivity index is 2.05. The van der Waals surface area contributed by atoms with Crippen LogP contribution in [0, 0.1) is 0 Å². The van der Waals surface area contributed by atoms with E-state index in [1.54, 1.807) is 6.07 Å². The molecule has 0 saturated heterocycles. The maximum atomic E-state index is 11.4. The summed E-state index contributed by atoms with van der Waals surface area (Å²) in [6, 6.07) is 5.51. The van der Waals surface area contributed by atoms with Crippen molar-refractivity contribution in [3.05, 3.63) is 23.8 Å². The number of benzene rings is 1. The highest BCUT2D eigenvalue weighted by Gasteiger charge is 2.13. The zero-order chi connectivity index (χ0) is 11.5. The Bertz CT molecular complexity index is 440. The first-order chi connectivity index (χ1) is 7.65. The lowest BCUT2D eigenvalue weighted by atomic mass is 10.1. The second-order valence-electron chi connectivity index (χ2n) is 3.85. The zero-order valence-corrected chi connectivity index (χ0v) is 9.08. The average molecular weight is 219 g/mol. The van der Waals surface area contributed by atoms with E-state index in [1.807, 2.05) is 12.1 Å². The predicted octanol–water partition coefficient (Wildman–Crippen LogP) is 1.54. The maximum Gasteiger partial charge on any atom is 0.231 e. The standard InChI is InChI=1S/C12H13NO3/c1-8(14)6-12(15)13-10-2-3-11-9(7-10)4-5-16-11/h2-3,7H,4-6H2,1H3,(H,13,15). The van der Waals surface area contributed by atoms with Crippen molar-refractivity contribution in [1.82, 2.24) is 0 Å². The van der Waals surface area contributed by atoms with Gasteiger partial charge in [0.05, 0.1) is 13.0 Å². The minimum atomic E-state index is -0.272. The third kappa shape index (κ3) is 2.39. The molecule has 1 aliphatic rings. The molecule has 2 rings (SSSR count). The van der Waals surface area contributed by atoms with Crippen LogP contribution in [-0.4, -0.2) is 18.3 Å². The van der Waals surface area contributed by atoms with Crippen molar-refractivity contribution >= 4 is 17.4 Å². The summed E-state index contributed by atoms with van der Waals surface area (Å²) in [5, 5.41) is 2.69. The van der Waals surface area contributed by atoms with Crippen molar-refractivity contribution in [1.29, 1.82) is 0 Å². The average Bonchev–Trinajstić information content (AvgIpc) is 2.63. The van der Waals surface area contributed by atoms with Crippen LogP contribution in [0.1, 0.15) is 18.9 Å². The predicted molar refractivity (Wildman–Crippen MR) is 59.6 cm³/mol. The van der Waals surface area contributed by atoms with Gasteiger partial charge in [0.15, 0.2) is 0 Å². The molecule has 4 heteroatoms. The summed E-state index contributed by atoms with van der Waals surface area (Å²) in [5.74, 6) is 0.470. The monoisotopic (exact) mass is 219 g/mol. The number of hydrogen-bond acceptors (Lipinski definition) is 3. The summed E-state index contributed by atoms with van der Waals surface area (Å²) in [4.78, 5) is 22.1. The molecule has 1 aromatic carbocycles. The molecule has 1 heterocycles. The van der Waals surface area contributed by atoms with Gasteiger partial charge in [0.2, 0.25) is 5.91 Å². The number of Topliss-reactive ketones (excluding diaryl/α,β-unsaturated/α-hetero) is 1. The molecule has 0 fully saturated rings. The van der Waals surface area contributed by atoms with Crippen molar-refractivity contribution in [2.45, 2.75) is 19.8 Å². The molecule has 0 bridgehead atoms. The van der Waals surface area contributed by atoms with Gasteiger partial charge >= 0.3 is 0 Å². The number of rotatable bonds is 3. The summed E-state index contributed by atoms with van der Waals surface area (Å²) in [6.07, 6.45) is 0.791. The molecule has 1 aliphatic heterocycles. The van der Waals surface area contributed by atoms with E-state index in [0.717, 1.165) is 23.4 Å². The molecule has 84 valence electrons. The Morgan fingerprint density at radius 1 is 1.44 bits per heavy atom. The molecule has 0 saturated carbocycles. The van der Waals surface area contributed by atoms with Gasteiger partial charge < -0.3 is 10.1 Å². The topological polar surface area (TPSA) is 55.4 Å². The van der Waals surface area contributed by atoms with Crippen molar-refractivity contribution in [2.75, 3.05) is 11.9 Å². The molecule has 1 N–H and O–H groups in total. The first kappa shape index (κ1) is 10.7. The summed E-state index contributed by atoms with van der Waals surface area (Å²) >= 11 is 0. The number of anilines is 1. The Hall–Kier alpha value is -1.84. The van der Waals surface area contributed by atoms with Crippen LogP contribution in [0.25, 0.3) is 0 Å². The molecule has 4 nitrogen and oxygen atoms in total. The van der Waals surface area contributed by atoms with Crippen LogP contribution in [0.2, 0.25) is 0 Å². The Morgan fingerprint density at radius 2 is 2.25 bits per heavy atom. The van der Waals surface area contributed by atoms with Crippen LogP contribution in [0.15, 0.2) is 18.2 Å². The Kier molecular flexibility index (Phi) is 2.90. The molecule has 0 radical (unpaired) electrons. The minimum absolute atomic E-state index is 0.0758. The lowest BCUT2D eigenvalue weighted by Gasteiger charge is -2.05. The number of carbonyl (C=O) groups excluding carboxylic acids is 2. The van der Waals surface area contributed by atoms with E-state index in [2.05, 4.69) is 5.32 Å². The minimum Gasteiger partial charge on any atom is -0.493 e. The number of amides is 1. The second kappa shape index (κ2) is 4.35. The second-order valence-corrected chi connectivity index (χ2v) is 3.85. The van der Waals surface area contributed by atoms with Crippen LogP contribution in [0.3, 0.4) is 0 Å². The van der Waals surface area contributed by atoms with E-state index in [9.17, 15) is 9.59 Å². The molecule has 0 spiro atoms. The molecule has 16 heavy (non-hydrogen) atoms. The van der Waals surface area contributed by atoms with Crippen LogP contribution >= 0.6 is 0 Å². The largest absolute Gasteiger partial charge is 0.493 e. The van der Waals surface area contributed by atoms with Gasteiger partial charge in [-0.2, -0.15) is 0 Å². The summed E-state index contributed by atoms with van der Waals surface area (Å²) in [5.41, 5.74) is 1.82. The van der Waals surface area contributed by atoms with Crippen molar-refractivity contribution in [2.24, 2.45) is 0 Å². The smallest absolute Gasteiger partial charge is 0.231 e. The molecule has 0 aliphatic carbocycles. The number of nitrogens with one attached hydrogen (secondary N) is 1. The van der Waals surface area contributed by atoms with Gasteiger partial charge in [0.1, 0.15) is 11.5 Å². The summed E-state index contributed by atoms with van der Waals surface area (Å²) in [7, 11) is 0. The number of ketones is 1. The zero-order valence-electron chi connectivity index (χ0n) is 9.08. The van der Waals surface area contributed by atoms with Gasteiger partial charge in [-0.25, -0.2) is 0 Å². The molecular formula is C12H13NO3. The first-order valence-corrected chi connectivity index (χ1v) is 5.20. The van der Waals surface area contributed by atoms with Crippen molar-refractivity contribution < 1.29 is 14.3 Å². The maximum absolute atomic E-state index is 11.4. The number of fused-ring (bicyclic) bond motifs is 1. The fraction of sp³-hybridized carbons (Fsp3) is 0.333. The van der Waals surface area contributed by atoms with Gasteiger partial charge in [-0.3, -0.25) is 9.59 Å². The Morgan fingerprint density at radius 3 is 3.00 bits per heavy atom. The van der Waals surface area contributed by atoms with Gasteiger partial charge in [-0.15, -0.1) is 0 Å². The van der Waals surface area contributed by atoms with E-state index >= 15 is 0 Å². The van der Waals surface area contributed by atoms with E-state index in [0.29, 0.717) is 6.61 Å². The molecule has 0 aromatic heterocycles. The third-order valence-corrected chi connectivity index (χ3v) is 2.38. The van der Waals surface area contributed by atoms with Gasteiger partial charge in [-0.05, 0) is 30.7 Å². The van der Waals surface area contributed by atoms with Crippen LogP contribution < -0.4 is 10.1 Å². The van der Waals surface area contributed by atoms with Crippen LogP contribution in [-0.2, 0) is 16.0 Å². The van der Waals surface area contributed by atoms with E-state index < -0.39 is 0 Å². The Labute approximate surface area is 93.6 Å². The SMILES string of the molecule is CC(=O)CC(=O)Nc1ccc2c(c1)CCO2. The lowest BCUT2D eigenvalue weighted by Crippen LogP contribution is -2.14. The summed E-state index contributed by atoms with van der Waals surface area (Å²) < 4.78 is 5.36. The quantitative estimate of drug-likeness (QED) is 0.784. The normalized spacial score (nSPS) is 12.8. The molecule has 0 unspecified atom stereocenters. The fourth-order valence-corrected chi connectivity index (χ4v) is 1.70. The van der Waals surface area contributed by atoms with Crippen LogP contribution in [0.4, 0.5) is 5.69 Å². The fourth-order valence-electron chi connectivity index (χ4n) is 1.70. The van der Waals surface area contributed by atoms with Crippen LogP contribution in [0.5, 0.6) is 5.75 Å². The van der Waals surface area contributed by atoms with E-state index in [4.69, 9.17) is 4.74 Å². The number of carbonyl (C=O) groups is 2.